The molecule has 0 saturated heterocycles. The van der Waals surface area contributed by atoms with Crippen molar-refractivity contribution in [2.24, 2.45) is 4.99 Å². The smallest absolute Gasteiger partial charge is 0.357 e. The second kappa shape index (κ2) is 8.94. The lowest BCUT2D eigenvalue weighted by Gasteiger charge is -2.16. The number of hydrogen-bond acceptors (Lipinski definition) is 4. The Balaban J connectivity index is 2.56. The molecular weight excluding hydrogens is 315 g/mol. The Kier molecular flexibility index (Phi) is 7.60. The first-order chi connectivity index (χ1) is 10.4. The number of nitrogens with zero attached hydrogens (tertiary/aromatic N) is 3. The number of hydrogen-bond donors (Lipinski definition) is 2. The van der Waals surface area contributed by atoms with Gasteiger partial charge in [-0.2, -0.15) is 13.2 Å². The quantitative estimate of drug-likeness (QED) is 0.591. The van der Waals surface area contributed by atoms with Crippen molar-refractivity contribution in [2.45, 2.75) is 26.6 Å². The molecule has 1 aromatic heterocycles. The van der Waals surface area contributed by atoms with Gasteiger partial charge in [0.1, 0.15) is 5.01 Å². The molecule has 0 atom stereocenters. The molecular formula is C13H22F3N5S. The third-order valence-electron chi connectivity index (χ3n) is 2.88. The van der Waals surface area contributed by atoms with Crippen molar-refractivity contribution in [1.82, 2.24) is 20.5 Å². The monoisotopic (exact) mass is 337 g/mol. The molecule has 0 aliphatic heterocycles. The maximum Gasteiger partial charge on any atom is 0.434 e. The molecule has 0 radical (unpaired) electrons. The first kappa shape index (κ1) is 18.7. The lowest BCUT2D eigenvalue weighted by atomic mass is 10.5. The number of guanidine groups is 1. The summed E-state index contributed by atoms with van der Waals surface area (Å²) in [4.78, 5) is 9.96. The van der Waals surface area contributed by atoms with E-state index in [1.807, 2.05) is 14.0 Å². The van der Waals surface area contributed by atoms with Crippen LogP contribution >= 0.6 is 11.3 Å². The Hall–Kier alpha value is -1.35. The SMILES string of the molecule is CCNC(=NCc1nc(C(F)(F)F)cs1)NCCN(C)CC. The fourth-order valence-corrected chi connectivity index (χ4v) is 2.25. The Morgan fingerprint density at radius 3 is 2.64 bits per heavy atom. The van der Waals surface area contributed by atoms with Gasteiger partial charge in [0.15, 0.2) is 11.7 Å². The first-order valence-electron chi connectivity index (χ1n) is 7.09. The van der Waals surface area contributed by atoms with Crippen LogP contribution in [0.4, 0.5) is 13.2 Å². The van der Waals surface area contributed by atoms with Crippen molar-refractivity contribution in [3.8, 4) is 0 Å². The second-order valence-electron chi connectivity index (χ2n) is 4.64. The van der Waals surface area contributed by atoms with E-state index in [2.05, 4.69) is 32.4 Å². The largest absolute Gasteiger partial charge is 0.434 e. The van der Waals surface area contributed by atoms with Crippen LogP contribution in [0, 0.1) is 0 Å². The zero-order valence-electron chi connectivity index (χ0n) is 13.0. The van der Waals surface area contributed by atoms with Crippen LogP contribution in [0.15, 0.2) is 10.4 Å². The van der Waals surface area contributed by atoms with Crippen LogP contribution in [0.5, 0.6) is 0 Å². The molecule has 0 amide bonds. The number of rotatable bonds is 7. The third-order valence-corrected chi connectivity index (χ3v) is 3.72. The maximum atomic E-state index is 12.5. The summed E-state index contributed by atoms with van der Waals surface area (Å²) in [6.45, 7) is 7.33. The Morgan fingerprint density at radius 2 is 2.09 bits per heavy atom. The molecule has 9 heteroatoms. The van der Waals surface area contributed by atoms with Crippen molar-refractivity contribution < 1.29 is 13.2 Å². The fraction of sp³-hybridized carbons (Fsp3) is 0.692. The van der Waals surface area contributed by atoms with Gasteiger partial charge in [-0.3, -0.25) is 0 Å². The van der Waals surface area contributed by atoms with E-state index in [9.17, 15) is 13.2 Å². The van der Waals surface area contributed by atoms with Crippen LogP contribution in [0.2, 0.25) is 0 Å². The zero-order chi connectivity index (χ0) is 16.6. The minimum atomic E-state index is -4.40. The number of aliphatic imine (C=N–C) groups is 1. The predicted octanol–water partition coefficient (Wildman–Crippen LogP) is 2.17. The van der Waals surface area contributed by atoms with Gasteiger partial charge in [-0.15, -0.1) is 11.3 Å². The van der Waals surface area contributed by atoms with Gasteiger partial charge in [-0.1, -0.05) is 6.92 Å². The molecule has 1 aromatic rings. The summed E-state index contributed by atoms with van der Waals surface area (Å²) in [6.07, 6.45) is -4.40. The highest BCUT2D eigenvalue weighted by Gasteiger charge is 2.33. The van der Waals surface area contributed by atoms with E-state index in [-0.39, 0.29) is 6.54 Å². The van der Waals surface area contributed by atoms with Gasteiger partial charge in [0.2, 0.25) is 0 Å². The van der Waals surface area contributed by atoms with Gasteiger partial charge < -0.3 is 15.5 Å². The highest BCUT2D eigenvalue weighted by Crippen LogP contribution is 2.30. The van der Waals surface area contributed by atoms with Crippen LogP contribution in [-0.4, -0.2) is 49.1 Å². The predicted molar refractivity (Wildman–Crippen MR) is 83.1 cm³/mol. The van der Waals surface area contributed by atoms with Gasteiger partial charge in [-0.05, 0) is 20.5 Å². The fourth-order valence-electron chi connectivity index (χ4n) is 1.53. The number of nitrogens with one attached hydrogen (secondary N) is 2. The number of thiazole rings is 1. The van der Waals surface area contributed by atoms with Crippen LogP contribution in [-0.2, 0) is 12.7 Å². The first-order valence-corrected chi connectivity index (χ1v) is 7.97. The Bertz CT molecular complexity index is 472. The van der Waals surface area contributed by atoms with E-state index in [1.54, 1.807) is 0 Å². The molecule has 0 aromatic carbocycles. The molecule has 0 bridgehead atoms. The van der Waals surface area contributed by atoms with Gasteiger partial charge in [-0.25, -0.2) is 9.98 Å². The molecule has 126 valence electrons. The van der Waals surface area contributed by atoms with Gasteiger partial charge in [0.25, 0.3) is 0 Å². The maximum absolute atomic E-state index is 12.5. The summed E-state index contributed by atoms with van der Waals surface area (Å²) >= 11 is 0.967. The number of alkyl halides is 3. The van der Waals surface area contributed by atoms with E-state index in [0.29, 0.717) is 24.1 Å². The standard InChI is InChI=1S/C13H22F3N5S/c1-4-17-12(18-6-7-21(3)5-2)19-8-11-20-10(9-22-11)13(14,15)16/h9H,4-8H2,1-3H3,(H2,17,18,19). The molecule has 0 unspecified atom stereocenters. The number of aromatic nitrogens is 1. The highest BCUT2D eigenvalue weighted by atomic mass is 32.1. The Morgan fingerprint density at radius 1 is 1.36 bits per heavy atom. The van der Waals surface area contributed by atoms with Crippen LogP contribution < -0.4 is 10.6 Å². The van der Waals surface area contributed by atoms with E-state index >= 15 is 0 Å². The molecule has 1 heterocycles. The summed E-state index contributed by atoms with van der Waals surface area (Å²) in [6, 6.07) is 0. The highest BCUT2D eigenvalue weighted by molar-refractivity contribution is 7.09. The lowest BCUT2D eigenvalue weighted by molar-refractivity contribution is -0.140. The molecule has 0 fully saturated rings. The van der Waals surface area contributed by atoms with Gasteiger partial charge in [0, 0.05) is 25.0 Å². The van der Waals surface area contributed by atoms with Crippen molar-refractivity contribution in [3.05, 3.63) is 16.1 Å². The molecule has 2 N–H and O–H groups in total. The summed E-state index contributed by atoms with van der Waals surface area (Å²) < 4.78 is 37.4. The summed E-state index contributed by atoms with van der Waals surface area (Å²) in [7, 11) is 2.01. The van der Waals surface area contributed by atoms with E-state index in [4.69, 9.17) is 0 Å². The number of halogens is 3. The van der Waals surface area contributed by atoms with Crippen LogP contribution in [0.3, 0.4) is 0 Å². The normalized spacial score (nSPS) is 12.8. The average Bonchev–Trinajstić information content (AvgIpc) is 2.93. The second-order valence-corrected chi connectivity index (χ2v) is 5.58. The van der Waals surface area contributed by atoms with Crippen molar-refractivity contribution in [3.63, 3.8) is 0 Å². The van der Waals surface area contributed by atoms with Crippen molar-refractivity contribution in [1.29, 1.82) is 0 Å². The zero-order valence-corrected chi connectivity index (χ0v) is 13.8. The minimum absolute atomic E-state index is 0.125. The van der Waals surface area contributed by atoms with E-state index < -0.39 is 11.9 Å². The molecule has 0 aliphatic rings. The summed E-state index contributed by atoms with van der Waals surface area (Å²) in [5, 5.41) is 7.56. The molecule has 0 aliphatic carbocycles. The molecule has 5 nitrogen and oxygen atoms in total. The average molecular weight is 337 g/mol. The molecule has 1 rings (SSSR count). The summed E-state index contributed by atoms with van der Waals surface area (Å²) in [5.41, 5.74) is -0.856. The Labute approximate surface area is 132 Å². The van der Waals surface area contributed by atoms with Crippen LogP contribution in [0.25, 0.3) is 0 Å². The van der Waals surface area contributed by atoms with E-state index in [1.165, 1.54) is 0 Å². The van der Waals surface area contributed by atoms with Crippen molar-refractivity contribution in [2.75, 3.05) is 33.2 Å². The van der Waals surface area contributed by atoms with E-state index in [0.717, 1.165) is 29.8 Å². The topological polar surface area (TPSA) is 52.6 Å². The lowest BCUT2D eigenvalue weighted by Crippen LogP contribution is -2.40. The number of likely N-dealkylation sites (N-methyl/N-ethyl adjacent to an activating group) is 1. The molecule has 0 saturated carbocycles. The minimum Gasteiger partial charge on any atom is -0.357 e. The van der Waals surface area contributed by atoms with Gasteiger partial charge >= 0.3 is 6.18 Å². The van der Waals surface area contributed by atoms with Gasteiger partial charge in [0.05, 0.1) is 6.54 Å². The third kappa shape index (κ3) is 6.61. The molecule has 0 spiro atoms. The van der Waals surface area contributed by atoms with Crippen molar-refractivity contribution >= 4 is 17.3 Å². The molecule has 22 heavy (non-hydrogen) atoms. The summed E-state index contributed by atoms with van der Waals surface area (Å²) in [5.74, 6) is 0.579. The van der Waals surface area contributed by atoms with Crippen LogP contribution in [0.1, 0.15) is 24.5 Å².